The molecule has 1 saturated heterocycles. The summed E-state index contributed by atoms with van der Waals surface area (Å²) >= 11 is 0. The molecule has 2 atom stereocenters. The molecule has 0 aliphatic carbocycles. The van der Waals surface area contributed by atoms with Gasteiger partial charge in [-0.2, -0.15) is 0 Å². The quantitative estimate of drug-likeness (QED) is 0.597. The Balaban J connectivity index is 0.00000121. The van der Waals surface area contributed by atoms with Gasteiger partial charge in [0.05, 0.1) is 13.2 Å². The van der Waals surface area contributed by atoms with Gasteiger partial charge in [0.1, 0.15) is 0 Å². The standard InChI is InChI=1S/C7H13NO3.ClH/c1-5-3-8-4-6(11-5)7(9)10-2;/h5-6,8H,3-4H2,1-2H3;1H/t5-,6+;/m1./s1. The third kappa shape index (κ3) is 2.97. The van der Waals surface area contributed by atoms with E-state index in [1.807, 2.05) is 6.92 Å². The minimum absolute atomic E-state index is 0. The molecular formula is C7H14ClNO3. The summed E-state index contributed by atoms with van der Waals surface area (Å²) in [5.74, 6) is -0.302. The van der Waals surface area contributed by atoms with E-state index in [1.165, 1.54) is 7.11 Å². The molecule has 1 rings (SSSR count). The average molecular weight is 196 g/mol. The highest BCUT2D eigenvalue weighted by molar-refractivity contribution is 5.85. The minimum Gasteiger partial charge on any atom is -0.467 e. The van der Waals surface area contributed by atoms with Crippen LogP contribution in [-0.2, 0) is 14.3 Å². The van der Waals surface area contributed by atoms with E-state index in [4.69, 9.17) is 4.74 Å². The highest BCUT2D eigenvalue weighted by Gasteiger charge is 2.25. The van der Waals surface area contributed by atoms with Crippen molar-refractivity contribution in [3.63, 3.8) is 0 Å². The summed E-state index contributed by atoms with van der Waals surface area (Å²) in [5.41, 5.74) is 0. The van der Waals surface area contributed by atoms with E-state index >= 15 is 0 Å². The lowest BCUT2D eigenvalue weighted by molar-refractivity contribution is -0.159. The summed E-state index contributed by atoms with van der Waals surface area (Å²) in [6.07, 6.45) is -0.336. The zero-order valence-electron chi connectivity index (χ0n) is 7.20. The maximum absolute atomic E-state index is 10.9. The van der Waals surface area contributed by atoms with Crippen LogP contribution < -0.4 is 5.32 Å². The first-order chi connectivity index (χ1) is 5.24. The molecule has 72 valence electrons. The summed E-state index contributed by atoms with van der Waals surface area (Å²) in [5, 5.41) is 3.07. The van der Waals surface area contributed by atoms with Gasteiger partial charge in [0.15, 0.2) is 6.10 Å². The first kappa shape index (κ1) is 11.7. The van der Waals surface area contributed by atoms with Gasteiger partial charge in [-0.25, -0.2) is 4.79 Å². The van der Waals surface area contributed by atoms with E-state index < -0.39 is 6.10 Å². The Morgan fingerprint density at radius 1 is 1.58 bits per heavy atom. The molecule has 1 fully saturated rings. The smallest absolute Gasteiger partial charge is 0.336 e. The third-order valence-electron chi connectivity index (χ3n) is 1.62. The van der Waals surface area contributed by atoms with Crippen LogP contribution in [0.25, 0.3) is 0 Å². The molecule has 5 heteroatoms. The predicted octanol–water partition coefficient (Wildman–Crippen LogP) is -0.0419. The van der Waals surface area contributed by atoms with Crippen molar-refractivity contribution in [3.8, 4) is 0 Å². The van der Waals surface area contributed by atoms with Gasteiger partial charge < -0.3 is 14.8 Å². The van der Waals surface area contributed by atoms with Crippen LogP contribution in [0.5, 0.6) is 0 Å². The third-order valence-corrected chi connectivity index (χ3v) is 1.62. The summed E-state index contributed by atoms with van der Waals surface area (Å²) in [7, 11) is 1.37. The van der Waals surface area contributed by atoms with Crippen molar-refractivity contribution < 1.29 is 14.3 Å². The molecule has 0 aromatic carbocycles. The molecule has 0 amide bonds. The zero-order valence-corrected chi connectivity index (χ0v) is 8.02. The second-order valence-electron chi connectivity index (χ2n) is 2.62. The Morgan fingerprint density at radius 3 is 2.75 bits per heavy atom. The average Bonchev–Trinajstić information content (AvgIpc) is 2.03. The lowest BCUT2D eigenvalue weighted by Crippen LogP contribution is -2.47. The SMILES string of the molecule is COC(=O)[C@@H]1CNC[C@@H](C)O1.Cl. The number of hydrogen-bond acceptors (Lipinski definition) is 4. The van der Waals surface area contributed by atoms with Crippen LogP contribution in [0.2, 0.25) is 0 Å². The molecule has 0 saturated carbocycles. The highest BCUT2D eigenvalue weighted by Crippen LogP contribution is 2.03. The number of rotatable bonds is 1. The zero-order chi connectivity index (χ0) is 8.27. The molecule has 1 N–H and O–H groups in total. The molecule has 0 bridgehead atoms. The molecule has 1 aliphatic rings. The van der Waals surface area contributed by atoms with E-state index in [2.05, 4.69) is 10.1 Å². The first-order valence-electron chi connectivity index (χ1n) is 3.68. The van der Waals surface area contributed by atoms with Crippen LogP contribution in [-0.4, -0.2) is 38.4 Å². The fourth-order valence-electron chi connectivity index (χ4n) is 1.06. The molecule has 0 aromatic rings. The van der Waals surface area contributed by atoms with Crippen LogP contribution in [0.4, 0.5) is 0 Å². The topological polar surface area (TPSA) is 47.6 Å². The van der Waals surface area contributed by atoms with E-state index in [1.54, 1.807) is 0 Å². The number of carbonyl (C=O) groups excluding carboxylic acids is 1. The minimum atomic E-state index is -0.427. The molecule has 1 heterocycles. The Hall–Kier alpha value is -0.320. The fourth-order valence-corrected chi connectivity index (χ4v) is 1.06. The van der Waals surface area contributed by atoms with E-state index in [-0.39, 0.29) is 24.5 Å². The Kier molecular flexibility index (Phi) is 5.20. The van der Waals surface area contributed by atoms with Crippen molar-refractivity contribution in [1.82, 2.24) is 5.32 Å². The summed E-state index contributed by atoms with van der Waals surface area (Å²) in [6, 6.07) is 0. The van der Waals surface area contributed by atoms with Crippen LogP contribution in [0.15, 0.2) is 0 Å². The Bertz CT molecular complexity index is 154. The second-order valence-corrected chi connectivity index (χ2v) is 2.62. The number of hydrogen-bond donors (Lipinski definition) is 1. The van der Waals surface area contributed by atoms with Crippen LogP contribution in [0, 0.1) is 0 Å². The molecule has 0 radical (unpaired) electrons. The molecular weight excluding hydrogens is 182 g/mol. The number of methoxy groups -OCH3 is 1. The van der Waals surface area contributed by atoms with Gasteiger partial charge in [-0.3, -0.25) is 0 Å². The van der Waals surface area contributed by atoms with Crippen LogP contribution >= 0.6 is 12.4 Å². The second kappa shape index (κ2) is 5.35. The van der Waals surface area contributed by atoms with Gasteiger partial charge >= 0.3 is 5.97 Å². The predicted molar refractivity (Wildman–Crippen MR) is 46.5 cm³/mol. The summed E-state index contributed by atoms with van der Waals surface area (Å²) in [4.78, 5) is 10.9. The van der Waals surface area contributed by atoms with Crippen LogP contribution in [0.3, 0.4) is 0 Å². The van der Waals surface area contributed by atoms with Crippen molar-refractivity contribution in [2.24, 2.45) is 0 Å². The monoisotopic (exact) mass is 195 g/mol. The maximum atomic E-state index is 10.9. The van der Waals surface area contributed by atoms with Crippen molar-refractivity contribution in [2.75, 3.05) is 20.2 Å². The lowest BCUT2D eigenvalue weighted by atomic mass is 10.2. The van der Waals surface area contributed by atoms with Crippen LogP contribution in [0.1, 0.15) is 6.92 Å². The number of ether oxygens (including phenoxy) is 2. The molecule has 4 nitrogen and oxygen atoms in total. The normalized spacial score (nSPS) is 28.8. The van der Waals surface area contributed by atoms with Gasteiger partial charge in [0.25, 0.3) is 0 Å². The Labute approximate surface area is 78.0 Å². The van der Waals surface area contributed by atoms with E-state index in [0.29, 0.717) is 6.54 Å². The maximum Gasteiger partial charge on any atom is 0.336 e. The van der Waals surface area contributed by atoms with Crippen molar-refractivity contribution in [1.29, 1.82) is 0 Å². The van der Waals surface area contributed by atoms with Crippen molar-refractivity contribution >= 4 is 18.4 Å². The number of esters is 1. The summed E-state index contributed by atoms with van der Waals surface area (Å²) < 4.78 is 9.84. The lowest BCUT2D eigenvalue weighted by Gasteiger charge is -2.26. The number of morpholine rings is 1. The largest absolute Gasteiger partial charge is 0.467 e. The number of halogens is 1. The highest BCUT2D eigenvalue weighted by atomic mass is 35.5. The van der Waals surface area contributed by atoms with E-state index in [0.717, 1.165) is 6.54 Å². The van der Waals surface area contributed by atoms with Gasteiger partial charge in [0.2, 0.25) is 0 Å². The molecule has 0 spiro atoms. The van der Waals surface area contributed by atoms with E-state index in [9.17, 15) is 4.79 Å². The molecule has 12 heavy (non-hydrogen) atoms. The van der Waals surface area contributed by atoms with Crippen molar-refractivity contribution in [2.45, 2.75) is 19.1 Å². The molecule has 1 aliphatic heterocycles. The van der Waals surface area contributed by atoms with Gasteiger partial charge in [0, 0.05) is 13.1 Å². The summed E-state index contributed by atoms with van der Waals surface area (Å²) in [6.45, 7) is 3.27. The van der Waals surface area contributed by atoms with Gasteiger partial charge in [-0.15, -0.1) is 12.4 Å². The van der Waals surface area contributed by atoms with Crippen molar-refractivity contribution in [3.05, 3.63) is 0 Å². The fraction of sp³-hybridized carbons (Fsp3) is 0.857. The molecule has 0 unspecified atom stereocenters. The Morgan fingerprint density at radius 2 is 2.25 bits per heavy atom. The van der Waals surface area contributed by atoms with Gasteiger partial charge in [-0.1, -0.05) is 0 Å². The first-order valence-corrected chi connectivity index (χ1v) is 3.68. The number of carbonyl (C=O) groups is 1. The molecule has 0 aromatic heterocycles. The van der Waals surface area contributed by atoms with Gasteiger partial charge in [-0.05, 0) is 6.92 Å². The number of nitrogens with one attached hydrogen (secondary N) is 1.